The highest BCUT2D eigenvalue weighted by Crippen LogP contribution is 2.20. The highest BCUT2D eigenvalue weighted by molar-refractivity contribution is 6.17. The van der Waals surface area contributed by atoms with Crippen molar-refractivity contribution in [1.82, 2.24) is 9.66 Å². The number of aromatic nitrogens is 2. The first kappa shape index (κ1) is 13.2. The third-order valence-electron chi connectivity index (χ3n) is 3.42. The van der Waals surface area contributed by atoms with E-state index in [9.17, 15) is 0 Å². The quantitative estimate of drug-likeness (QED) is 0.807. The van der Waals surface area contributed by atoms with Crippen LogP contribution in [0.1, 0.15) is 11.4 Å². The molecule has 0 N–H and O–H groups in total. The van der Waals surface area contributed by atoms with Gasteiger partial charge in [0.25, 0.3) is 0 Å². The number of rotatable bonds is 3. The van der Waals surface area contributed by atoms with Crippen LogP contribution in [0.4, 0.5) is 0 Å². The zero-order valence-corrected chi connectivity index (χ0v) is 11.8. The number of alkyl halides is 1. The maximum absolute atomic E-state index is 9.07. The summed E-state index contributed by atoms with van der Waals surface area (Å²) >= 11 is 5.88. The van der Waals surface area contributed by atoms with Crippen LogP contribution in [0.5, 0.6) is 0 Å². The van der Waals surface area contributed by atoms with E-state index in [0.29, 0.717) is 31.1 Å². The number of nitriles is 1. The van der Waals surface area contributed by atoms with Gasteiger partial charge in [-0.2, -0.15) is 5.26 Å². The number of imidazole rings is 1. The van der Waals surface area contributed by atoms with Gasteiger partial charge in [0.15, 0.2) is 0 Å². The SMILES string of the molecule is N#Cc1ccc2nc(CCCl)n(N3CCOCC3)c2c1. The third-order valence-corrected chi connectivity index (χ3v) is 3.60. The zero-order chi connectivity index (χ0) is 13.9. The van der Waals surface area contributed by atoms with Crippen LogP contribution in [0.15, 0.2) is 18.2 Å². The molecule has 0 aliphatic carbocycles. The molecule has 2 heterocycles. The summed E-state index contributed by atoms with van der Waals surface area (Å²) in [6.07, 6.45) is 0.704. The van der Waals surface area contributed by atoms with Crippen molar-refractivity contribution in [3.63, 3.8) is 0 Å². The standard InChI is InChI=1S/C14H15ClN4O/c15-4-3-14-17-12-2-1-11(10-16)9-13(12)19(14)18-5-7-20-8-6-18/h1-2,9H,3-8H2. The minimum absolute atomic E-state index is 0.527. The van der Waals surface area contributed by atoms with Crippen LogP contribution in [0.3, 0.4) is 0 Å². The Bertz CT molecular complexity index is 655. The van der Waals surface area contributed by atoms with E-state index in [1.165, 1.54) is 0 Å². The molecule has 6 heteroatoms. The molecule has 1 aromatic heterocycles. The van der Waals surface area contributed by atoms with Gasteiger partial charge in [0.1, 0.15) is 5.82 Å². The number of halogens is 1. The average molecular weight is 291 g/mol. The second-order valence-electron chi connectivity index (χ2n) is 4.66. The molecule has 0 saturated carbocycles. The average Bonchev–Trinajstić information content (AvgIpc) is 2.85. The van der Waals surface area contributed by atoms with E-state index >= 15 is 0 Å². The molecule has 3 rings (SSSR count). The van der Waals surface area contributed by atoms with Crippen LogP contribution in [0.25, 0.3) is 11.0 Å². The summed E-state index contributed by atoms with van der Waals surface area (Å²) < 4.78 is 7.50. The molecular formula is C14H15ClN4O. The van der Waals surface area contributed by atoms with E-state index in [-0.39, 0.29) is 0 Å². The minimum Gasteiger partial charge on any atom is -0.378 e. The van der Waals surface area contributed by atoms with E-state index in [4.69, 9.17) is 21.6 Å². The van der Waals surface area contributed by atoms with Gasteiger partial charge in [0.05, 0.1) is 49.0 Å². The molecule has 0 spiro atoms. The number of aryl methyl sites for hydroxylation is 1. The minimum atomic E-state index is 0.527. The van der Waals surface area contributed by atoms with Crippen molar-refractivity contribution in [2.75, 3.05) is 37.2 Å². The molecule has 1 fully saturated rings. The lowest BCUT2D eigenvalue weighted by Crippen LogP contribution is -2.44. The van der Waals surface area contributed by atoms with Gasteiger partial charge in [-0.15, -0.1) is 11.6 Å². The fourth-order valence-electron chi connectivity index (χ4n) is 2.50. The van der Waals surface area contributed by atoms with Crippen molar-refractivity contribution in [2.45, 2.75) is 6.42 Å². The van der Waals surface area contributed by atoms with Crippen molar-refractivity contribution in [3.8, 4) is 6.07 Å². The summed E-state index contributed by atoms with van der Waals surface area (Å²) in [5.41, 5.74) is 2.51. The number of morpholine rings is 1. The number of hydrogen-bond acceptors (Lipinski definition) is 4. The summed E-state index contributed by atoms with van der Waals surface area (Å²) in [5.74, 6) is 1.46. The van der Waals surface area contributed by atoms with E-state index in [0.717, 1.165) is 29.9 Å². The van der Waals surface area contributed by atoms with Crippen LogP contribution >= 0.6 is 11.6 Å². The first-order chi connectivity index (χ1) is 9.83. The summed E-state index contributed by atoms with van der Waals surface area (Å²) in [7, 11) is 0. The molecule has 1 saturated heterocycles. The second-order valence-corrected chi connectivity index (χ2v) is 5.04. The predicted molar refractivity (Wildman–Crippen MR) is 77.6 cm³/mol. The van der Waals surface area contributed by atoms with Crippen LogP contribution in [-0.4, -0.2) is 41.8 Å². The van der Waals surface area contributed by atoms with Gasteiger partial charge in [0.2, 0.25) is 0 Å². The topological polar surface area (TPSA) is 54.1 Å². The number of nitrogens with zero attached hydrogens (tertiary/aromatic N) is 4. The van der Waals surface area contributed by atoms with Gasteiger partial charge in [0, 0.05) is 12.3 Å². The lowest BCUT2D eigenvalue weighted by atomic mass is 10.2. The number of benzene rings is 1. The Morgan fingerprint density at radius 2 is 2.15 bits per heavy atom. The Hall–Kier alpha value is -1.77. The fourth-order valence-corrected chi connectivity index (χ4v) is 2.67. The van der Waals surface area contributed by atoms with Crippen LogP contribution in [0.2, 0.25) is 0 Å². The van der Waals surface area contributed by atoms with Gasteiger partial charge < -0.3 is 9.75 Å². The molecule has 0 atom stereocenters. The van der Waals surface area contributed by atoms with Gasteiger partial charge in [-0.05, 0) is 18.2 Å². The molecule has 2 aromatic rings. The van der Waals surface area contributed by atoms with Gasteiger partial charge in [-0.3, -0.25) is 0 Å². The summed E-state index contributed by atoms with van der Waals surface area (Å²) in [6.45, 7) is 3.05. The Balaban J connectivity index is 2.13. The van der Waals surface area contributed by atoms with Crippen LogP contribution < -0.4 is 5.01 Å². The molecule has 104 valence electrons. The first-order valence-corrected chi connectivity index (χ1v) is 7.17. The molecule has 0 radical (unpaired) electrons. The van der Waals surface area contributed by atoms with E-state index < -0.39 is 0 Å². The Morgan fingerprint density at radius 1 is 1.35 bits per heavy atom. The Morgan fingerprint density at radius 3 is 2.85 bits per heavy atom. The normalized spacial score (nSPS) is 15.5. The van der Waals surface area contributed by atoms with Crippen LogP contribution in [-0.2, 0) is 11.2 Å². The fraction of sp³-hybridized carbons (Fsp3) is 0.429. The smallest absolute Gasteiger partial charge is 0.130 e. The van der Waals surface area contributed by atoms with Gasteiger partial charge >= 0.3 is 0 Å². The van der Waals surface area contributed by atoms with Crippen LogP contribution in [0, 0.1) is 11.3 Å². The number of ether oxygens (including phenoxy) is 1. The van der Waals surface area contributed by atoms with Gasteiger partial charge in [-0.25, -0.2) is 9.66 Å². The molecule has 20 heavy (non-hydrogen) atoms. The molecule has 5 nitrogen and oxygen atoms in total. The van der Waals surface area contributed by atoms with E-state index in [2.05, 4.69) is 20.7 Å². The Labute approximate surface area is 122 Å². The lowest BCUT2D eigenvalue weighted by molar-refractivity contribution is 0.111. The molecule has 0 unspecified atom stereocenters. The van der Waals surface area contributed by atoms with E-state index in [1.54, 1.807) is 6.07 Å². The highest BCUT2D eigenvalue weighted by Gasteiger charge is 2.18. The zero-order valence-electron chi connectivity index (χ0n) is 11.0. The van der Waals surface area contributed by atoms with E-state index in [1.807, 2.05) is 12.1 Å². The van der Waals surface area contributed by atoms with Crippen molar-refractivity contribution >= 4 is 22.6 Å². The molecule has 0 amide bonds. The monoisotopic (exact) mass is 290 g/mol. The summed E-state index contributed by atoms with van der Waals surface area (Å²) in [4.78, 5) is 4.64. The summed E-state index contributed by atoms with van der Waals surface area (Å²) in [5, 5.41) is 11.3. The largest absolute Gasteiger partial charge is 0.378 e. The molecule has 0 bridgehead atoms. The van der Waals surface area contributed by atoms with Crippen molar-refractivity contribution in [3.05, 3.63) is 29.6 Å². The molecular weight excluding hydrogens is 276 g/mol. The molecule has 1 aliphatic rings. The highest BCUT2D eigenvalue weighted by atomic mass is 35.5. The van der Waals surface area contributed by atoms with Gasteiger partial charge in [-0.1, -0.05) is 0 Å². The molecule has 1 aromatic carbocycles. The number of hydrogen-bond donors (Lipinski definition) is 0. The number of fused-ring (bicyclic) bond motifs is 1. The second kappa shape index (κ2) is 5.70. The maximum Gasteiger partial charge on any atom is 0.130 e. The lowest BCUT2D eigenvalue weighted by Gasteiger charge is -2.31. The predicted octanol–water partition coefficient (Wildman–Crippen LogP) is 1.66. The van der Waals surface area contributed by atoms with Crippen molar-refractivity contribution in [2.24, 2.45) is 0 Å². The molecule has 1 aliphatic heterocycles. The van der Waals surface area contributed by atoms with Crippen molar-refractivity contribution < 1.29 is 4.74 Å². The maximum atomic E-state index is 9.07. The van der Waals surface area contributed by atoms with Crippen molar-refractivity contribution in [1.29, 1.82) is 5.26 Å². The third kappa shape index (κ3) is 2.33. The Kier molecular flexibility index (Phi) is 3.77. The summed E-state index contributed by atoms with van der Waals surface area (Å²) in [6, 6.07) is 7.75. The first-order valence-electron chi connectivity index (χ1n) is 6.64.